The van der Waals surface area contributed by atoms with Gasteiger partial charge in [0.2, 0.25) is 0 Å². The zero-order valence-electron chi connectivity index (χ0n) is 5.33. The third-order valence-electron chi connectivity index (χ3n) is 0.637. The zero-order valence-corrected chi connectivity index (χ0v) is 5.33. The van der Waals surface area contributed by atoms with E-state index >= 15 is 0 Å². The molecule has 0 N–H and O–H groups in total. The van der Waals surface area contributed by atoms with Crippen molar-refractivity contribution in [3.05, 3.63) is 25.4 Å². The van der Waals surface area contributed by atoms with E-state index in [1.807, 2.05) is 19.3 Å². The highest BCUT2D eigenvalue weighted by Crippen LogP contribution is 1.73. The Bertz CT molecular complexity index is 110. The second-order valence-corrected chi connectivity index (χ2v) is 1.18. The van der Waals surface area contributed by atoms with Crippen molar-refractivity contribution in [2.24, 2.45) is 7.05 Å². The van der Waals surface area contributed by atoms with Crippen molar-refractivity contribution in [1.82, 2.24) is 9.78 Å². The first-order valence-corrected chi connectivity index (χ1v) is 2.54. The lowest BCUT2D eigenvalue weighted by atomic mass is 10.8. The van der Waals surface area contributed by atoms with Crippen LogP contribution >= 0.6 is 0 Å². The zero-order chi connectivity index (χ0) is 6.41. The lowest BCUT2D eigenvalue weighted by molar-refractivity contribution is 0.768. The van der Waals surface area contributed by atoms with E-state index in [0.29, 0.717) is 0 Å². The second-order valence-electron chi connectivity index (χ2n) is 1.18. The Balaban J connectivity index is 0.000000222. The quantitative estimate of drug-likeness (QED) is 0.461. The van der Waals surface area contributed by atoms with E-state index in [9.17, 15) is 0 Å². The Kier molecular flexibility index (Phi) is 3.76. The van der Waals surface area contributed by atoms with E-state index in [0.717, 1.165) is 0 Å². The van der Waals surface area contributed by atoms with Crippen LogP contribution in [0.15, 0.2) is 18.5 Å². The fraction of sp³-hybridized carbons (Fsp3) is 0.333. The summed E-state index contributed by atoms with van der Waals surface area (Å²) in [6.45, 7) is 5.00. The maximum absolute atomic E-state index is 3.83. The van der Waals surface area contributed by atoms with Gasteiger partial charge in [0, 0.05) is 19.4 Å². The largest absolute Gasteiger partial charge is 0.276 e. The van der Waals surface area contributed by atoms with Crippen molar-refractivity contribution in [2.45, 2.75) is 6.92 Å². The molecule has 0 saturated carbocycles. The number of aromatic nitrogens is 2. The van der Waals surface area contributed by atoms with Gasteiger partial charge in [0.05, 0.1) is 13.8 Å². The molecule has 0 spiro atoms. The summed E-state index contributed by atoms with van der Waals surface area (Å²) < 4.78 is 1.75. The van der Waals surface area contributed by atoms with Crippen molar-refractivity contribution in [3.8, 4) is 0 Å². The average Bonchev–Trinajstić information content (AvgIpc) is 2.24. The smallest absolute Gasteiger partial charge is 0.0746 e. The number of hydrogen-bond acceptors (Lipinski definition) is 1. The van der Waals surface area contributed by atoms with Crippen LogP contribution in [0.4, 0.5) is 0 Å². The van der Waals surface area contributed by atoms with Gasteiger partial charge in [-0.1, -0.05) is 0 Å². The first-order chi connectivity index (χ1) is 3.89. The molecule has 0 fully saturated rings. The molecule has 1 rings (SSSR count). The maximum Gasteiger partial charge on any atom is 0.0746 e. The van der Waals surface area contributed by atoms with Gasteiger partial charge < -0.3 is 0 Å². The Hall–Kier alpha value is -0.920. The van der Waals surface area contributed by atoms with Crippen molar-refractivity contribution in [2.75, 3.05) is 0 Å². The van der Waals surface area contributed by atoms with E-state index in [1.165, 1.54) is 0 Å². The van der Waals surface area contributed by atoms with Crippen molar-refractivity contribution in [3.63, 3.8) is 0 Å². The number of hydrogen-bond donors (Lipinski definition) is 0. The monoisotopic (exact) mass is 111 g/mol. The molecule has 1 aromatic heterocycles. The molecule has 1 aromatic rings. The molecule has 0 atom stereocenters. The molecule has 1 heterocycles. The van der Waals surface area contributed by atoms with Gasteiger partial charge >= 0.3 is 0 Å². The fourth-order valence-corrected chi connectivity index (χ4v) is 0.345. The van der Waals surface area contributed by atoms with Crippen LogP contribution in [-0.4, -0.2) is 9.78 Å². The Labute approximate surface area is 50.1 Å². The molecule has 0 amide bonds. The summed E-state index contributed by atoms with van der Waals surface area (Å²) in [6.07, 6.45) is 3.64. The minimum Gasteiger partial charge on any atom is -0.276 e. The van der Waals surface area contributed by atoms with Gasteiger partial charge in [-0.05, 0) is 6.07 Å². The van der Waals surface area contributed by atoms with Crippen LogP contribution in [0.25, 0.3) is 0 Å². The van der Waals surface area contributed by atoms with Gasteiger partial charge in [-0.3, -0.25) is 4.68 Å². The minimum absolute atomic E-state index is 1.75. The van der Waals surface area contributed by atoms with E-state index in [-0.39, 0.29) is 0 Å². The topological polar surface area (TPSA) is 17.8 Å². The Morgan fingerprint density at radius 1 is 1.50 bits per heavy atom. The predicted molar refractivity (Wildman–Crippen MR) is 34.2 cm³/mol. The minimum atomic E-state index is 1.75. The van der Waals surface area contributed by atoms with Crippen molar-refractivity contribution in [1.29, 1.82) is 0 Å². The molecule has 0 bridgehead atoms. The van der Waals surface area contributed by atoms with Gasteiger partial charge in [-0.25, -0.2) is 0 Å². The summed E-state index contributed by atoms with van der Waals surface area (Å²) in [5.41, 5.74) is 0. The molecule has 44 valence electrons. The van der Waals surface area contributed by atoms with Crippen LogP contribution in [0.2, 0.25) is 0 Å². The van der Waals surface area contributed by atoms with E-state index in [4.69, 9.17) is 0 Å². The van der Waals surface area contributed by atoms with Gasteiger partial charge in [0.15, 0.2) is 0 Å². The maximum atomic E-state index is 3.83. The number of nitrogens with zero attached hydrogens (tertiary/aromatic N) is 2. The molecule has 0 unspecified atom stereocenters. The van der Waals surface area contributed by atoms with E-state index < -0.39 is 0 Å². The summed E-state index contributed by atoms with van der Waals surface area (Å²) in [7, 11) is 1.89. The first-order valence-electron chi connectivity index (χ1n) is 2.54. The van der Waals surface area contributed by atoms with Gasteiger partial charge in [-0.2, -0.15) is 5.10 Å². The fourth-order valence-electron chi connectivity index (χ4n) is 0.345. The van der Waals surface area contributed by atoms with Gasteiger partial charge in [-0.15, -0.1) is 0 Å². The molecule has 8 heavy (non-hydrogen) atoms. The first kappa shape index (κ1) is 7.08. The summed E-state index contributed by atoms with van der Waals surface area (Å²) in [4.78, 5) is 0. The SMILES string of the molecule is Cn1cccn1.[CH2+]C. The molecule has 2 nitrogen and oxygen atoms in total. The lowest BCUT2D eigenvalue weighted by Gasteiger charge is -1.77. The van der Waals surface area contributed by atoms with Crippen LogP contribution in [0.3, 0.4) is 0 Å². The van der Waals surface area contributed by atoms with Crippen LogP contribution in [0.5, 0.6) is 0 Å². The van der Waals surface area contributed by atoms with Crippen LogP contribution < -0.4 is 0 Å². The standard InChI is InChI=1S/C4H6N2.C2H5/c1-6-4-2-3-5-6;1-2/h2-4H,1H3;1H2,2H3/q;+1. The third-order valence-corrected chi connectivity index (χ3v) is 0.637. The molecule has 0 radical (unpaired) electrons. The van der Waals surface area contributed by atoms with E-state index in [1.54, 1.807) is 17.8 Å². The Morgan fingerprint density at radius 2 is 2.12 bits per heavy atom. The second kappa shape index (κ2) is 4.24. The molecule has 0 aliphatic rings. The van der Waals surface area contributed by atoms with Gasteiger partial charge in [0.1, 0.15) is 0 Å². The molecule has 2 heteroatoms. The van der Waals surface area contributed by atoms with Crippen LogP contribution in [0.1, 0.15) is 6.92 Å². The normalized spacial score (nSPS) is 7.25. The molecule has 0 saturated heterocycles. The van der Waals surface area contributed by atoms with Crippen molar-refractivity contribution >= 4 is 0 Å². The number of aryl methyl sites for hydroxylation is 1. The van der Waals surface area contributed by atoms with Gasteiger partial charge in [0.25, 0.3) is 0 Å². The highest BCUT2D eigenvalue weighted by molar-refractivity contribution is 4.75. The molecule has 0 aromatic carbocycles. The highest BCUT2D eigenvalue weighted by atomic mass is 15.2. The third kappa shape index (κ3) is 2.29. The van der Waals surface area contributed by atoms with Crippen LogP contribution in [0, 0.1) is 6.92 Å². The predicted octanol–water partition coefficient (Wildman–Crippen LogP) is 1.26. The number of rotatable bonds is 0. The molecule has 0 aliphatic heterocycles. The summed E-state index contributed by atoms with van der Waals surface area (Å²) in [5.74, 6) is 0. The Morgan fingerprint density at radius 3 is 2.25 bits per heavy atom. The van der Waals surface area contributed by atoms with E-state index in [2.05, 4.69) is 12.0 Å². The van der Waals surface area contributed by atoms with Crippen molar-refractivity contribution < 1.29 is 0 Å². The highest BCUT2D eigenvalue weighted by Gasteiger charge is 1.69. The molecular weight excluding hydrogens is 100 g/mol. The average molecular weight is 111 g/mol. The lowest BCUT2D eigenvalue weighted by Crippen LogP contribution is -1.83. The summed E-state index contributed by atoms with van der Waals surface area (Å²) in [5, 5.41) is 3.83. The summed E-state index contributed by atoms with van der Waals surface area (Å²) in [6, 6.07) is 1.89. The molecule has 0 aliphatic carbocycles. The van der Waals surface area contributed by atoms with Crippen LogP contribution in [-0.2, 0) is 7.05 Å². The summed E-state index contributed by atoms with van der Waals surface area (Å²) >= 11 is 0. The molecular formula is C6H11N2+.